The smallest absolute Gasteiger partial charge is 0.397 e. The van der Waals surface area contributed by atoms with Gasteiger partial charge in [0.25, 0.3) is 0 Å². The fraction of sp³-hybridized carbons (Fsp3) is 0.864. The highest BCUT2D eigenvalue weighted by Gasteiger charge is 2.54. The normalized spacial score (nSPS) is 30.9. The van der Waals surface area contributed by atoms with E-state index in [0.29, 0.717) is 19.3 Å². The van der Waals surface area contributed by atoms with Gasteiger partial charge >= 0.3 is 12.1 Å². The number of halogens is 4. The number of alkyl halides is 4. The Balaban J connectivity index is 1.96. The van der Waals surface area contributed by atoms with E-state index in [9.17, 15) is 23.1 Å². The Hall–Kier alpha value is -0.350. The number of carbonyl (C=O) groups is 1. The number of carboxylic acid groups (broad SMARTS) is 1. The first-order chi connectivity index (χ1) is 14.0. The molecule has 2 fully saturated rings. The standard InChI is InChI=1S/C22H34F3IO4/c1-3-4-12-21(2,22(23,24)25)19(27)11-9-14-8-10-17-15(14)13-18(30-17)16(26)6-5-7-20(28)29/h9,11,14-19,27H,3-8,10,12-13H2,1-2H3,(H,28,29)/b11-9+/t14-,15-,16?,17?,18?,19?,21?/m1/s1. The van der Waals surface area contributed by atoms with Crippen molar-refractivity contribution in [1.29, 1.82) is 0 Å². The summed E-state index contributed by atoms with van der Waals surface area (Å²) >= 11 is 2.32. The summed E-state index contributed by atoms with van der Waals surface area (Å²) < 4.78 is 47.3. The lowest BCUT2D eigenvalue weighted by atomic mass is 9.78. The van der Waals surface area contributed by atoms with Crippen molar-refractivity contribution >= 4 is 28.6 Å². The van der Waals surface area contributed by atoms with E-state index >= 15 is 0 Å². The molecule has 0 radical (unpaired) electrons. The molecule has 0 amide bonds. The van der Waals surface area contributed by atoms with Gasteiger partial charge in [-0.3, -0.25) is 4.79 Å². The molecule has 0 bridgehead atoms. The zero-order chi connectivity index (χ0) is 22.5. The Morgan fingerprint density at radius 1 is 1.30 bits per heavy atom. The van der Waals surface area contributed by atoms with Crippen LogP contribution in [0.15, 0.2) is 12.2 Å². The Morgan fingerprint density at radius 2 is 2.00 bits per heavy atom. The zero-order valence-electron chi connectivity index (χ0n) is 17.7. The summed E-state index contributed by atoms with van der Waals surface area (Å²) in [6, 6.07) is 0. The molecule has 2 N–H and O–H groups in total. The molecule has 0 aromatic heterocycles. The number of aliphatic carboxylic acids is 1. The number of carboxylic acids is 1. The molecule has 2 aliphatic rings. The highest BCUT2D eigenvalue weighted by Crippen LogP contribution is 2.48. The average Bonchev–Trinajstić information content (AvgIpc) is 3.23. The van der Waals surface area contributed by atoms with Gasteiger partial charge < -0.3 is 14.9 Å². The Kier molecular flexibility index (Phi) is 9.49. The molecule has 1 saturated heterocycles. The van der Waals surface area contributed by atoms with Gasteiger partial charge in [-0.1, -0.05) is 54.5 Å². The van der Waals surface area contributed by atoms with Gasteiger partial charge in [0.05, 0.1) is 23.7 Å². The van der Waals surface area contributed by atoms with E-state index in [1.54, 1.807) is 6.08 Å². The third-order valence-corrected chi connectivity index (χ3v) is 8.26. The van der Waals surface area contributed by atoms with Gasteiger partial charge in [-0.2, -0.15) is 13.2 Å². The summed E-state index contributed by atoms with van der Waals surface area (Å²) in [5.74, 6) is -0.430. The highest BCUT2D eigenvalue weighted by molar-refractivity contribution is 14.1. The molecule has 30 heavy (non-hydrogen) atoms. The van der Waals surface area contributed by atoms with Crippen molar-refractivity contribution in [2.75, 3.05) is 0 Å². The van der Waals surface area contributed by atoms with E-state index in [0.717, 1.165) is 32.6 Å². The number of aliphatic hydroxyl groups is 1. The molecule has 1 saturated carbocycles. The van der Waals surface area contributed by atoms with Gasteiger partial charge in [0.1, 0.15) is 0 Å². The topological polar surface area (TPSA) is 66.8 Å². The van der Waals surface area contributed by atoms with Crippen molar-refractivity contribution in [3.8, 4) is 0 Å². The molecule has 2 rings (SSSR count). The van der Waals surface area contributed by atoms with E-state index in [1.807, 2.05) is 6.92 Å². The van der Waals surface area contributed by atoms with Crippen LogP contribution in [0.4, 0.5) is 13.2 Å². The summed E-state index contributed by atoms with van der Waals surface area (Å²) in [6.07, 6.45) is 2.36. The number of hydrogen-bond donors (Lipinski definition) is 2. The van der Waals surface area contributed by atoms with Gasteiger partial charge in [-0.05, 0) is 57.3 Å². The van der Waals surface area contributed by atoms with Crippen molar-refractivity contribution in [3.05, 3.63) is 12.2 Å². The van der Waals surface area contributed by atoms with Crippen LogP contribution in [0.5, 0.6) is 0 Å². The maximum Gasteiger partial charge on any atom is 0.397 e. The van der Waals surface area contributed by atoms with Crippen molar-refractivity contribution in [2.45, 2.75) is 100 Å². The zero-order valence-corrected chi connectivity index (χ0v) is 19.9. The second-order valence-electron chi connectivity index (χ2n) is 9.00. The molecular formula is C22H34F3IO4. The molecule has 5 unspecified atom stereocenters. The molecule has 0 aromatic rings. The predicted octanol–water partition coefficient (Wildman–Crippen LogP) is 5.90. The summed E-state index contributed by atoms with van der Waals surface area (Å²) in [5, 5.41) is 19.2. The molecular weight excluding hydrogens is 512 g/mol. The third-order valence-electron chi connectivity index (χ3n) is 6.83. The quantitative estimate of drug-likeness (QED) is 0.192. The fourth-order valence-corrected chi connectivity index (χ4v) is 5.58. The minimum Gasteiger partial charge on any atom is -0.481 e. The second-order valence-corrected chi connectivity index (χ2v) is 10.6. The van der Waals surface area contributed by atoms with Crippen molar-refractivity contribution in [3.63, 3.8) is 0 Å². The summed E-state index contributed by atoms with van der Waals surface area (Å²) in [4.78, 5) is 10.7. The van der Waals surface area contributed by atoms with Gasteiger partial charge in [0.15, 0.2) is 0 Å². The third kappa shape index (κ3) is 6.34. The molecule has 7 atom stereocenters. The molecule has 174 valence electrons. The minimum atomic E-state index is -4.46. The maximum atomic E-state index is 13.6. The first kappa shape index (κ1) is 25.9. The van der Waals surface area contributed by atoms with E-state index in [-0.39, 0.29) is 40.8 Å². The van der Waals surface area contributed by atoms with Crippen LogP contribution in [0, 0.1) is 17.3 Å². The highest BCUT2D eigenvalue weighted by atomic mass is 127. The van der Waals surface area contributed by atoms with E-state index in [2.05, 4.69) is 22.6 Å². The maximum absolute atomic E-state index is 13.6. The molecule has 1 aliphatic carbocycles. The van der Waals surface area contributed by atoms with Crippen LogP contribution in [-0.2, 0) is 9.53 Å². The van der Waals surface area contributed by atoms with E-state index in [1.165, 1.54) is 6.08 Å². The average molecular weight is 546 g/mol. The van der Waals surface area contributed by atoms with Gasteiger partial charge in [-0.15, -0.1) is 0 Å². The first-order valence-electron chi connectivity index (χ1n) is 10.9. The summed E-state index contributed by atoms with van der Waals surface area (Å²) in [5.41, 5.74) is -2.14. The first-order valence-corrected chi connectivity index (χ1v) is 12.2. The summed E-state index contributed by atoms with van der Waals surface area (Å²) in [7, 11) is 0. The number of allylic oxidation sites excluding steroid dienone is 1. The van der Waals surface area contributed by atoms with E-state index < -0.39 is 23.7 Å². The van der Waals surface area contributed by atoms with Gasteiger partial charge in [0.2, 0.25) is 0 Å². The van der Waals surface area contributed by atoms with Crippen molar-refractivity contribution in [2.24, 2.45) is 17.3 Å². The number of fused-ring (bicyclic) bond motifs is 1. The number of aliphatic hydroxyl groups excluding tert-OH is 1. The Bertz CT molecular complexity index is 597. The van der Waals surface area contributed by atoms with Crippen molar-refractivity contribution in [1.82, 2.24) is 0 Å². The number of hydrogen-bond acceptors (Lipinski definition) is 3. The van der Waals surface area contributed by atoms with Crippen LogP contribution in [0.1, 0.15) is 71.6 Å². The number of unbranched alkanes of at least 4 members (excludes halogenated alkanes) is 1. The van der Waals surface area contributed by atoms with Crippen LogP contribution >= 0.6 is 22.6 Å². The lowest BCUT2D eigenvalue weighted by Gasteiger charge is -2.35. The monoisotopic (exact) mass is 546 g/mol. The Labute approximate surface area is 190 Å². The van der Waals surface area contributed by atoms with Crippen molar-refractivity contribution < 1.29 is 32.9 Å². The van der Waals surface area contributed by atoms with Crippen LogP contribution in [0.25, 0.3) is 0 Å². The Morgan fingerprint density at radius 3 is 2.60 bits per heavy atom. The van der Waals surface area contributed by atoms with Crippen LogP contribution in [0.2, 0.25) is 0 Å². The van der Waals surface area contributed by atoms with E-state index in [4.69, 9.17) is 9.84 Å². The SMILES string of the molecule is CCCCC(C)(C(O)/C=C/[C@H]1CCC2OC(C(I)CCCC(=O)O)C[C@@H]21)C(F)(F)F. The molecule has 4 nitrogen and oxygen atoms in total. The molecule has 1 heterocycles. The molecule has 0 aromatic carbocycles. The van der Waals surface area contributed by atoms with Gasteiger partial charge in [-0.25, -0.2) is 0 Å². The number of rotatable bonds is 11. The minimum absolute atomic E-state index is 0.0560. The van der Waals surface area contributed by atoms with Crippen LogP contribution < -0.4 is 0 Å². The van der Waals surface area contributed by atoms with Crippen LogP contribution in [-0.4, -0.2) is 44.6 Å². The molecule has 8 heteroatoms. The number of ether oxygens (including phenoxy) is 1. The predicted molar refractivity (Wildman–Crippen MR) is 118 cm³/mol. The van der Waals surface area contributed by atoms with Crippen LogP contribution in [0.3, 0.4) is 0 Å². The summed E-state index contributed by atoms with van der Waals surface area (Å²) in [6.45, 7) is 2.96. The lowest BCUT2D eigenvalue weighted by Crippen LogP contribution is -2.44. The molecule has 1 aliphatic heterocycles. The fourth-order valence-electron chi connectivity index (χ4n) is 4.67. The second kappa shape index (κ2) is 11.0. The largest absolute Gasteiger partial charge is 0.481 e. The molecule has 0 spiro atoms. The lowest BCUT2D eigenvalue weighted by molar-refractivity contribution is -0.244. The van der Waals surface area contributed by atoms with Gasteiger partial charge in [0, 0.05) is 10.3 Å².